The first kappa shape index (κ1) is 19.3. The second-order valence-electron chi connectivity index (χ2n) is 6.70. The minimum Gasteiger partial charge on any atom is -0.341 e. The number of rotatable bonds is 2. The van der Waals surface area contributed by atoms with Crippen LogP contribution in [0.25, 0.3) is 0 Å². The van der Waals surface area contributed by atoms with E-state index in [1.54, 1.807) is 16.7 Å². The van der Waals surface area contributed by atoms with Gasteiger partial charge in [0.25, 0.3) is 11.5 Å². The number of alkyl halides is 3. The number of H-pyrrole nitrogens is 1. The minimum atomic E-state index is -4.69. The summed E-state index contributed by atoms with van der Waals surface area (Å²) >= 11 is 1.58. The molecule has 0 spiro atoms. The van der Waals surface area contributed by atoms with E-state index in [-0.39, 0.29) is 5.56 Å². The van der Waals surface area contributed by atoms with Crippen LogP contribution in [0.2, 0.25) is 0 Å². The molecule has 1 atom stereocenters. The Kier molecular flexibility index (Phi) is 4.74. The third kappa shape index (κ3) is 3.67. The van der Waals surface area contributed by atoms with Crippen LogP contribution in [0.1, 0.15) is 38.8 Å². The number of aromatic nitrogens is 1. The van der Waals surface area contributed by atoms with Gasteiger partial charge in [-0.1, -0.05) is 47.7 Å². The van der Waals surface area contributed by atoms with Gasteiger partial charge in [0.15, 0.2) is 0 Å². The number of carbonyl (C=O) groups is 1. The largest absolute Gasteiger partial charge is 0.431 e. The van der Waals surface area contributed by atoms with E-state index in [4.69, 9.17) is 0 Å². The molecule has 1 aliphatic rings. The van der Waals surface area contributed by atoms with Crippen molar-refractivity contribution in [2.24, 2.45) is 0 Å². The molecule has 4 rings (SSSR count). The number of aromatic amines is 1. The molecule has 29 heavy (non-hydrogen) atoms. The molecule has 0 saturated heterocycles. The van der Waals surface area contributed by atoms with Crippen molar-refractivity contribution in [2.75, 3.05) is 0 Å². The highest BCUT2D eigenvalue weighted by Gasteiger charge is 2.33. The first-order valence-electron chi connectivity index (χ1n) is 8.73. The molecule has 4 nitrogen and oxygen atoms in total. The van der Waals surface area contributed by atoms with Gasteiger partial charge >= 0.3 is 6.18 Å². The van der Waals surface area contributed by atoms with Crippen molar-refractivity contribution in [1.82, 2.24) is 10.3 Å². The van der Waals surface area contributed by atoms with E-state index in [2.05, 4.69) is 5.32 Å². The predicted molar refractivity (Wildman–Crippen MR) is 103 cm³/mol. The summed E-state index contributed by atoms with van der Waals surface area (Å²) in [6, 6.07) is 14.5. The summed E-state index contributed by atoms with van der Waals surface area (Å²) in [7, 11) is 0. The lowest BCUT2D eigenvalue weighted by Crippen LogP contribution is -2.35. The van der Waals surface area contributed by atoms with Crippen LogP contribution in [0, 0.1) is 6.92 Å². The number of halogens is 3. The molecule has 0 fully saturated rings. The van der Waals surface area contributed by atoms with E-state index in [9.17, 15) is 22.8 Å². The number of carbonyl (C=O) groups excluding carboxylic acids is 1. The normalized spacial score (nSPS) is 15.4. The monoisotopic (exact) mass is 416 g/mol. The molecule has 2 N–H and O–H groups in total. The van der Waals surface area contributed by atoms with Crippen molar-refractivity contribution in [3.8, 4) is 0 Å². The molecule has 1 aliphatic heterocycles. The number of amides is 1. The number of benzene rings is 2. The van der Waals surface area contributed by atoms with Crippen LogP contribution in [0.5, 0.6) is 0 Å². The number of pyridine rings is 1. The fraction of sp³-hybridized carbons (Fsp3) is 0.143. The smallest absolute Gasteiger partial charge is 0.341 e. The molecule has 1 unspecified atom stereocenters. The van der Waals surface area contributed by atoms with E-state index in [1.165, 1.54) is 0 Å². The summed E-state index contributed by atoms with van der Waals surface area (Å²) < 4.78 is 38.3. The highest BCUT2D eigenvalue weighted by atomic mass is 32.2. The number of hydrogen-bond donors (Lipinski definition) is 2. The lowest BCUT2D eigenvalue weighted by molar-refractivity contribution is -0.141. The van der Waals surface area contributed by atoms with Gasteiger partial charge in [0.1, 0.15) is 11.3 Å². The highest BCUT2D eigenvalue weighted by Crippen LogP contribution is 2.44. The number of hydrogen-bond acceptors (Lipinski definition) is 3. The molecule has 1 amide bonds. The quantitative estimate of drug-likeness (QED) is 0.637. The Labute approximate surface area is 168 Å². The predicted octanol–water partition coefficient (Wildman–Crippen LogP) is 4.69. The molecule has 1 aromatic heterocycles. The van der Waals surface area contributed by atoms with Crippen molar-refractivity contribution in [1.29, 1.82) is 0 Å². The summed E-state index contributed by atoms with van der Waals surface area (Å²) in [5.74, 6) is -0.737. The van der Waals surface area contributed by atoms with Gasteiger partial charge in [-0.3, -0.25) is 9.59 Å². The summed E-state index contributed by atoms with van der Waals surface area (Å²) in [5, 5.41) is 2.82. The first-order valence-corrected chi connectivity index (χ1v) is 9.54. The van der Waals surface area contributed by atoms with Gasteiger partial charge in [0, 0.05) is 9.79 Å². The van der Waals surface area contributed by atoms with E-state index in [1.807, 2.05) is 49.4 Å². The molecule has 2 aromatic carbocycles. The Bertz CT molecular complexity index is 1170. The van der Waals surface area contributed by atoms with Gasteiger partial charge in [-0.05, 0) is 42.3 Å². The summed E-state index contributed by atoms with van der Waals surface area (Å²) in [6.07, 6.45) is -4.69. The van der Waals surface area contributed by atoms with E-state index in [0.717, 1.165) is 32.5 Å². The zero-order valence-corrected chi connectivity index (χ0v) is 15.9. The summed E-state index contributed by atoms with van der Waals surface area (Å²) in [5.41, 5.74) is 0.107. The molecule has 0 bridgehead atoms. The number of nitrogens with one attached hydrogen (secondary N) is 2. The zero-order valence-electron chi connectivity index (χ0n) is 15.1. The molecule has 8 heteroatoms. The van der Waals surface area contributed by atoms with Gasteiger partial charge in [0.05, 0.1) is 6.04 Å². The fourth-order valence-electron chi connectivity index (χ4n) is 3.27. The van der Waals surface area contributed by atoms with Gasteiger partial charge < -0.3 is 10.3 Å². The molecule has 2 heterocycles. The lowest BCUT2D eigenvalue weighted by atomic mass is 9.96. The van der Waals surface area contributed by atoms with E-state index < -0.39 is 29.4 Å². The van der Waals surface area contributed by atoms with Crippen molar-refractivity contribution in [2.45, 2.75) is 28.9 Å². The van der Waals surface area contributed by atoms with Gasteiger partial charge in [-0.2, -0.15) is 13.2 Å². The van der Waals surface area contributed by atoms with Gasteiger partial charge in [-0.25, -0.2) is 0 Å². The molecule has 0 radical (unpaired) electrons. The zero-order chi connectivity index (χ0) is 20.8. The fourth-order valence-corrected chi connectivity index (χ4v) is 4.38. The Balaban J connectivity index is 1.72. The average molecular weight is 416 g/mol. The van der Waals surface area contributed by atoms with Gasteiger partial charge in [-0.15, -0.1) is 0 Å². The first-order chi connectivity index (χ1) is 13.7. The second-order valence-corrected chi connectivity index (χ2v) is 7.78. The SMILES string of the molecule is Cc1ccc2c(c1)C(NC(=O)c1ccc(C(F)(F)F)[nH]c1=O)c1ccccc1S2. The van der Waals surface area contributed by atoms with Crippen LogP contribution in [-0.2, 0) is 6.18 Å². The Morgan fingerprint density at radius 1 is 1.03 bits per heavy atom. The van der Waals surface area contributed by atoms with Crippen molar-refractivity contribution in [3.05, 3.63) is 92.9 Å². The molecule has 148 valence electrons. The Morgan fingerprint density at radius 3 is 2.48 bits per heavy atom. The van der Waals surface area contributed by atoms with Crippen LogP contribution in [0.4, 0.5) is 13.2 Å². The van der Waals surface area contributed by atoms with Crippen LogP contribution in [0.3, 0.4) is 0 Å². The molecule has 0 aliphatic carbocycles. The molecule has 3 aromatic rings. The van der Waals surface area contributed by atoms with Gasteiger partial charge in [0.2, 0.25) is 0 Å². The molecular formula is C21H15F3N2O2S. The maximum absolute atomic E-state index is 12.8. The highest BCUT2D eigenvalue weighted by molar-refractivity contribution is 7.99. The minimum absolute atomic E-state index is 0.372. The van der Waals surface area contributed by atoms with Crippen LogP contribution < -0.4 is 10.9 Å². The lowest BCUT2D eigenvalue weighted by Gasteiger charge is -2.29. The van der Waals surface area contributed by atoms with Crippen LogP contribution in [0.15, 0.2) is 69.2 Å². The Hall–Kier alpha value is -3.00. The van der Waals surface area contributed by atoms with Crippen LogP contribution >= 0.6 is 11.8 Å². The van der Waals surface area contributed by atoms with Crippen molar-refractivity contribution >= 4 is 17.7 Å². The maximum atomic E-state index is 12.8. The van der Waals surface area contributed by atoms with Crippen molar-refractivity contribution < 1.29 is 18.0 Å². The third-order valence-corrected chi connectivity index (χ3v) is 5.84. The standard InChI is InChI=1S/C21H15F3N2O2S/c1-11-6-8-16-14(10-11)18(12-4-2-3-5-15(12)29-16)26-20(28)13-7-9-17(21(22,23)24)25-19(13)27/h2-10,18H,1H3,(H,25,27)(H,26,28). The molecule has 0 saturated carbocycles. The second kappa shape index (κ2) is 7.11. The Morgan fingerprint density at radius 2 is 1.76 bits per heavy atom. The number of fused-ring (bicyclic) bond motifs is 2. The number of aryl methyl sites for hydroxylation is 1. The maximum Gasteiger partial charge on any atom is 0.431 e. The summed E-state index contributed by atoms with van der Waals surface area (Å²) in [4.78, 5) is 28.6. The van der Waals surface area contributed by atoms with E-state index in [0.29, 0.717) is 6.07 Å². The average Bonchev–Trinajstić information content (AvgIpc) is 2.67. The third-order valence-electron chi connectivity index (χ3n) is 4.66. The van der Waals surface area contributed by atoms with E-state index >= 15 is 0 Å². The van der Waals surface area contributed by atoms with Crippen LogP contribution in [-0.4, -0.2) is 10.9 Å². The molecular weight excluding hydrogens is 401 g/mol. The topological polar surface area (TPSA) is 62.0 Å². The van der Waals surface area contributed by atoms with Crippen molar-refractivity contribution in [3.63, 3.8) is 0 Å². The summed E-state index contributed by atoms with van der Waals surface area (Å²) in [6.45, 7) is 1.94.